The summed E-state index contributed by atoms with van der Waals surface area (Å²) in [6, 6.07) is 0. The van der Waals surface area contributed by atoms with Gasteiger partial charge in [0.2, 0.25) is 5.91 Å². The maximum absolute atomic E-state index is 11.3. The molecule has 0 aromatic rings. The molecule has 0 heterocycles. The molecule has 0 aromatic carbocycles. The number of nitrogens with zero attached hydrogens (tertiary/aromatic N) is 2. The lowest BCUT2D eigenvalue weighted by atomic mass is 10.3. The smallest absolute Gasteiger partial charge is 0.232 e. The van der Waals surface area contributed by atoms with E-state index in [0.717, 1.165) is 26.1 Å². The second kappa shape index (κ2) is 7.21. The van der Waals surface area contributed by atoms with E-state index < -0.39 is 0 Å². The fourth-order valence-electron chi connectivity index (χ4n) is 1.14. The highest BCUT2D eigenvalue weighted by molar-refractivity contribution is 7.81. The highest BCUT2D eigenvalue weighted by atomic mass is 32.1. The number of hydrogen-bond donors (Lipinski definition) is 1. The largest absolute Gasteiger partial charge is 0.342 e. The van der Waals surface area contributed by atoms with Crippen molar-refractivity contribution in [3.05, 3.63) is 0 Å². The Morgan fingerprint density at radius 1 is 1.31 bits per heavy atom. The molecule has 0 aliphatic rings. The van der Waals surface area contributed by atoms with Gasteiger partial charge in [0.15, 0.2) is 0 Å². The van der Waals surface area contributed by atoms with Crippen molar-refractivity contribution in [2.24, 2.45) is 0 Å². The molecule has 0 N–H and O–H groups in total. The van der Waals surface area contributed by atoms with E-state index in [9.17, 15) is 4.79 Å². The van der Waals surface area contributed by atoms with Crippen LogP contribution in [0.4, 0.5) is 0 Å². The molecule has 0 aromatic heterocycles. The molecular weight excluding hydrogens is 184 g/mol. The minimum atomic E-state index is 0.129. The van der Waals surface area contributed by atoms with E-state index >= 15 is 0 Å². The monoisotopic (exact) mass is 204 g/mol. The highest BCUT2D eigenvalue weighted by Crippen LogP contribution is 1.95. The average molecular weight is 204 g/mol. The first-order valence-electron chi connectivity index (χ1n) is 4.65. The normalized spacial score (nSPS) is 10.5. The van der Waals surface area contributed by atoms with Crippen LogP contribution in [0.25, 0.3) is 0 Å². The maximum atomic E-state index is 11.3. The van der Waals surface area contributed by atoms with Crippen LogP contribution in [0.3, 0.4) is 0 Å². The molecule has 0 bridgehead atoms. The van der Waals surface area contributed by atoms with E-state index in [1.807, 2.05) is 25.9 Å². The number of carbonyl (C=O) groups is 1. The van der Waals surface area contributed by atoms with Crippen molar-refractivity contribution in [2.45, 2.75) is 13.3 Å². The molecule has 0 saturated heterocycles. The minimum absolute atomic E-state index is 0.129. The van der Waals surface area contributed by atoms with Gasteiger partial charge in [-0.3, -0.25) is 4.79 Å². The SMILES string of the molecule is CCN(CCCN(C)C)C(=O)CS. The topological polar surface area (TPSA) is 23.6 Å². The molecule has 0 aliphatic heterocycles. The van der Waals surface area contributed by atoms with Crippen LogP contribution in [0.5, 0.6) is 0 Å². The molecule has 0 radical (unpaired) electrons. The summed E-state index contributed by atoms with van der Waals surface area (Å²) in [7, 11) is 4.08. The van der Waals surface area contributed by atoms with E-state index in [0.29, 0.717) is 5.75 Å². The van der Waals surface area contributed by atoms with E-state index in [-0.39, 0.29) is 5.91 Å². The Kier molecular flexibility index (Phi) is 7.09. The second-order valence-electron chi connectivity index (χ2n) is 3.29. The number of hydrogen-bond acceptors (Lipinski definition) is 3. The Morgan fingerprint density at radius 2 is 1.92 bits per heavy atom. The quantitative estimate of drug-likeness (QED) is 0.644. The summed E-state index contributed by atoms with van der Waals surface area (Å²) in [5, 5.41) is 0. The number of thiol groups is 1. The maximum Gasteiger partial charge on any atom is 0.232 e. The third-order valence-electron chi connectivity index (χ3n) is 1.90. The predicted octanol–water partition coefficient (Wildman–Crippen LogP) is 0.716. The van der Waals surface area contributed by atoms with Gasteiger partial charge in [-0.25, -0.2) is 0 Å². The molecule has 3 nitrogen and oxygen atoms in total. The number of rotatable bonds is 6. The van der Waals surface area contributed by atoms with Gasteiger partial charge in [0.1, 0.15) is 0 Å². The van der Waals surface area contributed by atoms with Gasteiger partial charge in [-0.15, -0.1) is 0 Å². The summed E-state index contributed by atoms with van der Waals surface area (Å²) in [6.45, 7) is 4.65. The van der Waals surface area contributed by atoms with Gasteiger partial charge in [-0.2, -0.15) is 12.6 Å². The Morgan fingerprint density at radius 3 is 2.31 bits per heavy atom. The summed E-state index contributed by atoms with van der Waals surface area (Å²) >= 11 is 3.97. The van der Waals surface area contributed by atoms with Crippen molar-refractivity contribution in [1.82, 2.24) is 9.80 Å². The minimum Gasteiger partial charge on any atom is -0.342 e. The molecule has 0 spiro atoms. The van der Waals surface area contributed by atoms with Gasteiger partial charge in [0, 0.05) is 13.1 Å². The van der Waals surface area contributed by atoms with Crippen molar-refractivity contribution in [1.29, 1.82) is 0 Å². The lowest BCUT2D eigenvalue weighted by molar-refractivity contribution is -0.128. The molecule has 0 atom stereocenters. The third kappa shape index (κ3) is 5.93. The standard InChI is InChI=1S/C9H20N2OS/c1-4-11(9(12)8-13)7-5-6-10(2)3/h13H,4-8H2,1-3H3. The zero-order valence-electron chi connectivity index (χ0n) is 8.79. The lowest BCUT2D eigenvalue weighted by Crippen LogP contribution is -2.34. The fourth-order valence-corrected chi connectivity index (χ4v) is 1.34. The van der Waals surface area contributed by atoms with Crippen LogP contribution >= 0.6 is 12.6 Å². The highest BCUT2D eigenvalue weighted by Gasteiger charge is 2.08. The van der Waals surface area contributed by atoms with Crippen LogP contribution in [-0.4, -0.2) is 55.2 Å². The van der Waals surface area contributed by atoms with Crippen LogP contribution < -0.4 is 0 Å². The molecule has 0 saturated carbocycles. The van der Waals surface area contributed by atoms with Gasteiger partial charge >= 0.3 is 0 Å². The summed E-state index contributed by atoms with van der Waals surface area (Å²) in [6.07, 6.45) is 1.03. The molecule has 13 heavy (non-hydrogen) atoms. The van der Waals surface area contributed by atoms with Crippen molar-refractivity contribution in [3.8, 4) is 0 Å². The number of amides is 1. The molecule has 78 valence electrons. The van der Waals surface area contributed by atoms with E-state index in [1.165, 1.54) is 0 Å². The van der Waals surface area contributed by atoms with Crippen LogP contribution in [0.15, 0.2) is 0 Å². The fraction of sp³-hybridized carbons (Fsp3) is 0.889. The van der Waals surface area contributed by atoms with E-state index in [1.54, 1.807) is 0 Å². The third-order valence-corrected chi connectivity index (χ3v) is 2.17. The van der Waals surface area contributed by atoms with Crippen LogP contribution in [0.1, 0.15) is 13.3 Å². The van der Waals surface area contributed by atoms with Gasteiger partial charge in [-0.1, -0.05) is 0 Å². The first-order chi connectivity index (χ1) is 6.11. The van der Waals surface area contributed by atoms with Crippen molar-refractivity contribution in [2.75, 3.05) is 39.5 Å². The lowest BCUT2D eigenvalue weighted by Gasteiger charge is -2.20. The molecule has 4 heteroatoms. The second-order valence-corrected chi connectivity index (χ2v) is 3.60. The van der Waals surface area contributed by atoms with E-state index in [4.69, 9.17) is 0 Å². The first kappa shape index (κ1) is 12.8. The molecule has 1 amide bonds. The molecular formula is C9H20N2OS. The van der Waals surface area contributed by atoms with E-state index in [2.05, 4.69) is 17.5 Å². The van der Waals surface area contributed by atoms with Gasteiger partial charge in [0.05, 0.1) is 5.75 Å². The van der Waals surface area contributed by atoms with Crippen LogP contribution in [-0.2, 0) is 4.79 Å². The Bertz CT molecular complexity index is 151. The zero-order chi connectivity index (χ0) is 10.3. The Hall–Kier alpha value is -0.220. The predicted molar refractivity (Wildman–Crippen MR) is 59.3 cm³/mol. The van der Waals surface area contributed by atoms with Gasteiger partial charge in [0.25, 0.3) is 0 Å². The first-order valence-corrected chi connectivity index (χ1v) is 5.28. The summed E-state index contributed by atoms with van der Waals surface area (Å²) in [4.78, 5) is 15.2. The Labute approximate surface area is 86.5 Å². The van der Waals surface area contributed by atoms with Crippen molar-refractivity contribution < 1.29 is 4.79 Å². The van der Waals surface area contributed by atoms with Gasteiger partial charge < -0.3 is 9.80 Å². The molecule has 0 fully saturated rings. The van der Waals surface area contributed by atoms with Gasteiger partial charge in [-0.05, 0) is 34.0 Å². The van der Waals surface area contributed by atoms with Crippen molar-refractivity contribution >= 4 is 18.5 Å². The van der Waals surface area contributed by atoms with Crippen LogP contribution in [0, 0.1) is 0 Å². The summed E-state index contributed by atoms with van der Waals surface area (Å²) in [5.41, 5.74) is 0. The average Bonchev–Trinajstić information content (AvgIpc) is 2.11. The van der Waals surface area contributed by atoms with Crippen molar-refractivity contribution in [3.63, 3.8) is 0 Å². The zero-order valence-corrected chi connectivity index (χ0v) is 9.68. The molecule has 0 aliphatic carbocycles. The Balaban J connectivity index is 3.66. The molecule has 0 rings (SSSR count). The summed E-state index contributed by atoms with van der Waals surface area (Å²) in [5.74, 6) is 0.445. The summed E-state index contributed by atoms with van der Waals surface area (Å²) < 4.78 is 0. The van der Waals surface area contributed by atoms with Crippen LogP contribution in [0.2, 0.25) is 0 Å². The number of carbonyl (C=O) groups excluding carboxylic acids is 1. The molecule has 0 unspecified atom stereocenters.